The number of hydrogen-bond donors (Lipinski definition) is 2. The van der Waals surface area contributed by atoms with Crippen LogP contribution in [0.15, 0.2) is 67.0 Å². The monoisotopic (exact) mass is 398 g/mol. The molecule has 2 aromatic carbocycles. The highest BCUT2D eigenvalue weighted by atomic mass is 19.4. The smallest absolute Gasteiger partial charge is 0.308 e. The molecule has 0 aliphatic carbocycles. The van der Waals surface area contributed by atoms with Gasteiger partial charge in [0, 0.05) is 16.9 Å². The van der Waals surface area contributed by atoms with E-state index in [0.29, 0.717) is 17.0 Å². The molecule has 0 saturated heterocycles. The predicted octanol–water partition coefficient (Wildman–Crippen LogP) is 4.45. The molecule has 0 radical (unpaired) electrons. The molecule has 2 N–H and O–H groups in total. The number of benzene rings is 2. The lowest BCUT2D eigenvalue weighted by molar-refractivity contribution is -0.137. The van der Waals surface area contributed by atoms with Crippen LogP contribution < -0.4 is 10.6 Å². The second kappa shape index (κ2) is 7.23. The molecule has 0 bridgehead atoms. The summed E-state index contributed by atoms with van der Waals surface area (Å²) < 4.78 is 39.3. The van der Waals surface area contributed by atoms with Crippen LogP contribution in [-0.4, -0.2) is 25.8 Å². The molecule has 2 amide bonds. The number of aromatic nitrogens is 4. The first-order chi connectivity index (χ1) is 13.9. The van der Waals surface area contributed by atoms with Gasteiger partial charge in [-0.15, -0.1) is 10.2 Å². The van der Waals surface area contributed by atoms with Crippen molar-refractivity contribution >= 4 is 23.1 Å². The van der Waals surface area contributed by atoms with Gasteiger partial charge in [-0.1, -0.05) is 12.1 Å². The van der Waals surface area contributed by atoms with E-state index >= 15 is 0 Å². The summed E-state index contributed by atoms with van der Waals surface area (Å²) in [4.78, 5) is 12.2. The molecule has 0 spiro atoms. The minimum atomic E-state index is -4.43. The molecule has 7 nitrogen and oxygen atoms in total. The Morgan fingerprint density at radius 1 is 0.931 bits per heavy atom. The number of alkyl halides is 3. The van der Waals surface area contributed by atoms with Crippen molar-refractivity contribution in [1.29, 1.82) is 0 Å². The van der Waals surface area contributed by atoms with Crippen LogP contribution in [0.4, 0.5) is 29.3 Å². The van der Waals surface area contributed by atoms with Crippen LogP contribution in [0, 0.1) is 0 Å². The van der Waals surface area contributed by atoms with E-state index in [4.69, 9.17) is 0 Å². The summed E-state index contributed by atoms with van der Waals surface area (Å²) in [6.45, 7) is 0. The zero-order valence-corrected chi connectivity index (χ0v) is 14.7. The summed E-state index contributed by atoms with van der Waals surface area (Å²) in [5, 5.41) is 17.2. The zero-order chi connectivity index (χ0) is 20.4. The first kappa shape index (κ1) is 18.4. The number of anilines is 2. The van der Waals surface area contributed by atoms with Gasteiger partial charge in [0.05, 0.1) is 11.3 Å². The number of nitrogens with one attached hydrogen (secondary N) is 2. The molecule has 0 atom stereocenters. The van der Waals surface area contributed by atoms with E-state index in [1.165, 1.54) is 23.0 Å². The van der Waals surface area contributed by atoms with E-state index in [1.807, 2.05) is 6.07 Å². The van der Waals surface area contributed by atoms with E-state index in [9.17, 15) is 18.0 Å². The second-order valence-electron chi connectivity index (χ2n) is 6.09. The highest BCUT2D eigenvalue weighted by molar-refractivity contribution is 6.00. The van der Waals surface area contributed by atoms with Gasteiger partial charge < -0.3 is 10.6 Å². The number of fused-ring (bicyclic) bond motifs is 1. The Bertz CT molecular complexity index is 1170. The van der Waals surface area contributed by atoms with Crippen molar-refractivity contribution in [2.24, 2.45) is 0 Å². The molecule has 2 heterocycles. The second-order valence-corrected chi connectivity index (χ2v) is 6.09. The molecule has 0 fully saturated rings. The normalized spacial score (nSPS) is 11.4. The lowest BCUT2D eigenvalue weighted by Gasteiger charge is -2.10. The van der Waals surface area contributed by atoms with Gasteiger partial charge in [-0.3, -0.25) is 0 Å². The summed E-state index contributed by atoms with van der Waals surface area (Å²) in [6, 6.07) is 14.2. The summed E-state index contributed by atoms with van der Waals surface area (Å²) in [5.74, 6) is 0. The van der Waals surface area contributed by atoms with Gasteiger partial charge in [0.15, 0.2) is 5.65 Å². The highest BCUT2D eigenvalue weighted by Gasteiger charge is 2.29. The van der Waals surface area contributed by atoms with E-state index < -0.39 is 17.8 Å². The van der Waals surface area contributed by atoms with E-state index in [2.05, 4.69) is 25.9 Å². The Labute approximate surface area is 162 Å². The molecular formula is C19H13F3N6O. The lowest BCUT2D eigenvalue weighted by atomic mass is 10.1. The van der Waals surface area contributed by atoms with Gasteiger partial charge in [-0.05, 0) is 48.5 Å². The fourth-order valence-electron chi connectivity index (χ4n) is 2.67. The van der Waals surface area contributed by atoms with Crippen LogP contribution in [0.2, 0.25) is 0 Å². The SMILES string of the molecule is O=C(Nc1ccc(C(F)(F)F)cc1)Nc1cccc(-c2ccc3nncn3n2)c1. The number of halogens is 3. The van der Waals surface area contributed by atoms with Crippen molar-refractivity contribution in [1.82, 2.24) is 19.8 Å². The zero-order valence-electron chi connectivity index (χ0n) is 14.7. The third-order valence-electron chi connectivity index (χ3n) is 4.05. The molecule has 0 aliphatic heterocycles. The molecule has 4 rings (SSSR count). The average molecular weight is 398 g/mol. The summed E-state index contributed by atoms with van der Waals surface area (Å²) in [7, 11) is 0. The molecule has 4 aromatic rings. The Kier molecular flexibility index (Phi) is 4.59. The average Bonchev–Trinajstić information content (AvgIpc) is 3.15. The van der Waals surface area contributed by atoms with E-state index in [-0.39, 0.29) is 5.69 Å². The van der Waals surface area contributed by atoms with Crippen molar-refractivity contribution in [2.75, 3.05) is 10.6 Å². The highest BCUT2D eigenvalue weighted by Crippen LogP contribution is 2.30. The van der Waals surface area contributed by atoms with E-state index in [0.717, 1.165) is 17.7 Å². The molecule has 0 unspecified atom stereocenters. The van der Waals surface area contributed by atoms with Crippen molar-refractivity contribution in [3.05, 3.63) is 72.6 Å². The molecule has 146 valence electrons. The largest absolute Gasteiger partial charge is 0.416 e. The number of carbonyl (C=O) groups is 1. The molecular weight excluding hydrogens is 385 g/mol. The molecule has 29 heavy (non-hydrogen) atoms. The molecule has 10 heteroatoms. The fraction of sp³-hybridized carbons (Fsp3) is 0.0526. The Morgan fingerprint density at radius 2 is 1.69 bits per heavy atom. The maximum absolute atomic E-state index is 12.6. The Hall–Kier alpha value is -3.95. The van der Waals surface area contributed by atoms with Gasteiger partial charge in [0.25, 0.3) is 0 Å². The standard InChI is InChI=1S/C19H13F3N6O/c20-19(21,22)13-4-6-14(7-5-13)24-18(29)25-15-3-1-2-12(10-15)16-8-9-17-26-23-11-28(17)27-16/h1-11H,(H2,24,25,29). The van der Waals surface area contributed by atoms with Gasteiger partial charge in [-0.25, -0.2) is 4.79 Å². The van der Waals surface area contributed by atoms with Crippen LogP contribution in [0.3, 0.4) is 0 Å². The van der Waals surface area contributed by atoms with Gasteiger partial charge in [0.2, 0.25) is 0 Å². The minimum Gasteiger partial charge on any atom is -0.308 e. The van der Waals surface area contributed by atoms with Crippen molar-refractivity contribution in [2.45, 2.75) is 6.18 Å². The maximum Gasteiger partial charge on any atom is 0.416 e. The van der Waals surface area contributed by atoms with Crippen LogP contribution >= 0.6 is 0 Å². The van der Waals surface area contributed by atoms with Crippen molar-refractivity contribution in [3.8, 4) is 11.3 Å². The summed E-state index contributed by atoms with van der Waals surface area (Å²) in [6.07, 6.45) is -2.94. The molecule has 0 aliphatic rings. The van der Waals surface area contributed by atoms with Crippen LogP contribution in [0.5, 0.6) is 0 Å². The topological polar surface area (TPSA) is 84.2 Å². The van der Waals surface area contributed by atoms with E-state index in [1.54, 1.807) is 30.3 Å². The van der Waals surface area contributed by atoms with Gasteiger partial charge >= 0.3 is 12.2 Å². The van der Waals surface area contributed by atoms with Crippen molar-refractivity contribution < 1.29 is 18.0 Å². The Balaban J connectivity index is 1.46. The number of rotatable bonds is 3. The van der Waals surface area contributed by atoms with Gasteiger partial charge in [0.1, 0.15) is 6.33 Å². The minimum absolute atomic E-state index is 0.242. The first-order valence-corrected chi connectivity index (χ1v) is 8.41. The maximum atomic E-state index is 12.6. The number of nitrogens with zero attached hydrogens (tertiary/aromatic N) is 4. The summed E-state index contributed by atoms with van der Waals surface area (Å²) in [5.41, 5.74) is 1.98. The number of amides is 2. The quantitative estimate of drug-likeness (QED) is 0.534. The van der Waals surface area contributed by atoms with Crippen LogP contribution in [-0.2, 0) is 6.18 Å². The first-order valence-electron chi connectivity index (χ1n) is 8.41. The third kappa shape index (κ3) is 4.15. The van der Waals surface area contributed by atoms with Crippen LogP contribution in [0.25, 0.3) is 16.9 Å². The summed E-state index contributed by atoms with van der Waals surface area (Å²) >= 11 is 0. The molecule has 2 aromatic heterocycles. The number of urea groups is 1. The van der Waals surface area contributed by atoms with Crippen molar-refractivity contribution in [3.63, 3.8) is 0 Å². The fourth-order valence-corrected chi connectivity index (χ4v) is 2.67. The number of carbonyl (C=O) groups excluding carboxylic acids is 1. The third-order valence-corrected chi connectivity index (χ3v) is 4.05. The van der Waals surface area contributed by atoms with Gasteiger partial charge in [-0.2, -0.15) is 22.8 Å². The van der Waals surface area contributed by atoms with Crippen LogP contribution in [0.1, 0.15) is 5.56 Å². The number of hydrogen-bond acceptors (Lipinski definition) is 4. The lowest BCUT2D eigenvalue weighted by Crippen LogP contribution is -2.19. The Morgan fingerprint density at radius 3 is 2.45 bits per heavy atom. The predicted molar refractivity (Wildman–Crippen MR) is 100 cm³/mol. The molecule has 0 saturated carbocycles.